The minimum Gasteiger partial charge on any atom is -0.459 e. The second-order valence-electron chi connectivity index (χ2n) is 6.93. The quantitative estimate of drug-likeness (QED) is 0.718. The van der Waals surface area contributed by atoms with Crippen molar-refractivity contribution >= 4 is 27.8 Å². The van der Waals surface area contributed by atoms with Crippen molar-refractivity contribution < 1.29 is 14.3 Å². The van der Waals surface area contributed by atoms with E-state index in [9.17, 15) is 9.59 Å². The molecule has 1 aromatic heterocycles. The van der Waals surface area contributed by atoms with Gasteiger partial charge in [0.25, 0.3) is 5.91 Å². The lowest BCUT2D eigenvalue weighted by Gasteiger charge is -2.26. The number of piperidine rings is 1. The topological polar surface area (TPSA) is 59.5 Å². The summed E-state index contributed by atoms with van der Waals surface area (Å²) in [5.74, 6) is -0.0414. The third-order valence-electron chi connectivity index (χ3n) is 5.06. The first-order valence-corrected chi connectivity index (χ1v) is 9.49. The van der Waals surface area contributed by atoms with Crippen LogP contribution in [0.25, 0.3) is 0 Å². The molecule has 1 saturated heterocycles. The lowest BCUT2D eigenvalue weighted by molar-refractivity contribution is -0.150. The number of aryl methyl sites for hydroxylation is 1. The molecule has 5 nitrogen and oxygen atoms in total. The molecule has 26 heavy (non-hydrogen) atoms. The average molecular weight is 415 g/mol. The van der Waals surface area contributed by atoms with Crippen LogP contribution in [-0.2, 0) is 16.1 Å². The summed E-state index contributed by atoms with van der Waals surface area (Å²) in [4.78, 5) is 31.7. The van der Waals surface area contributed by atoms with Gasteiger partial charge in [0.2, 0.25) is 0 Å². The minimum absolute atomic E-state index is 0.131. The highest BCUT2D eigenvalue weighted by Gasteiger charge is 2.56. The number of nitrogens with zero attached hydrogens (tertiary/aromatic N) is 2. The molecule has 6 heteroatoms. The molecule has 4 rings (SSSR count). The van der Waals surface area contributed by atoms with Gasteiger partial charge >= 0.3 is 5.97 Å². The first kappa shape index (κ1) is 17.2. The first-order valence-electron chi connectivity index (χ1n) is 8.70. The second-order valence-corrected chi connectivity index (χ2v) is 7.78. The minimum atomic E-state index is -0.504. The monoisotopic (exact) mass is 414 g/mol. The van der Waals surface area contributed by atoms with Crippen LogP contribution in [0.5, 0.6) is 0 Å². The molecule has 2 fully saturated rings. The van der Waals surface area contributed by atoms with E-state index in [1.165, 1.54) is 0 Å². The van der Waals surface area contributed by atoms with Gasteiger partial charge in [-0.3, -0.25) is 9.78 Å². The maximum atomic E-state index is 13.1. The Labute approximate surface area is 160 Å². The standard InChI is InChI=1S/C20H19BrN2O3/c1-12-7-15(16(21)10-22-12)19(24)23-17-8-14(17)9-18(23)20(25)26-11-13-5-3-2-4-6-13/h2-7,10,14,17-18H,8-9,11H2,1H3/t14-,17-,18-/m1/s1. The molecule has 0 unspecified atom stereocenters. The van der Waals surface area contributed by atoms with Gasteiger partial charge in [0, 0.05) is 22.4 Å². The summed E-state index contributed by atoms with van der Waals surface area (Å²) in [6.07, 6.45) is 3.29. The van der Waals surface area contributed by atoms with Gasteiger partial charge in [-0.1, -0.05) is 30.3 Å². The molecule has 134 valence electrons. The van der Waals surface area contributed by atoms with E-state index in [2.05, 4.69) is 20.9 Å². The van der Waals surface area contributed by atoms with E-state index in [0.717, 1.165) is 17.7 Å². The number of carbonyl (C=O) groups excluding carboxylic acids is 2. The van der Waals surface area contributed by atoms with E-state index < -0.39 is 6.04 Å². The van der Waals surface area contributed by atoms with E-state index in [1.54, 1.807) is 17.2 Å². The summed E-state index contributed by atoms with van der Waals surface area (Å²) in [6, 6.07) is 11.0. The molecular formula is C20H19BrN2O3. The van der Waals surface area contributed by atoms with Crippen molar-refractivity contribution in [3.05, 3.63) is 63.9 Å². The number of rotatable bonds is 4. The molecule has 3 atom stereocenters. The zero-order valence-corrected chi connectivity index (χ0v) is 16.0. The number of esters is 1. The fraction of sp³-hybridized carbons (Fsp3) is 0.350. The van der Waals surface area contributed by atoms with E-state index in [4.69, 9.17) is 4.74 Å². The fourth-order valence-corrected chi connectivity index (χ4v) is 4.02. The van der Waals surface area contributed by atoms with Crippen LogP contribution in [0.15, 0.2) is 47.1 Å². The Morgan fingerprint density at radius 2 is 2.04 bits per heavy atom. The Kier molecular flexibility index (Phi) is 4.53. The molecule has 1 saturated carbocycles. The molecule has 0 spiro atoms. The molecule has 0 bridgehead atoms. The van der Waals surface area contributed by atoms with Gasteiger partial charge in [-0.05, 0) is 53.2 Å². The van der Waals surface area contributed by atoms with Crippen molar-refractivity contribution in [2.75, 3.05) is 0 Å². The van der Waals surface area contributed by atoms with Gasteiger partial charge < -0.3 is 9.64 Å². The lowest BCUT2D eigenvalue weighted by atomic mass is 10.1. The summed E-state index contributed by atoms with van der Waals surface area (Å²) < 4.78 is 6.14. The number of amides is 1. The van der Waals surface area contributed by atoms with E-state index in [-0.39, 0.29) is 24.5 Å². The van der Waals surface area contributed by atoms with Crippen molar-refractivity contribution in [2.24, 2.45) is 5.92 Å². The number of ether oxygens (including phenoxy) is 1. The van der Waals surface area contributed by atoms with Gasteiger partial charge in [0.1, 0.15) is 12.6 Å². The summed E-state index contributed by atoms with van der Waals surface area (Å²) in [7, 11) is 0. The zero-order chi connectivity index (χ0) is 18.3. The Bertz CT molecular complexity index is 855. The summed E-state index contributed by atoms with van der Waals surface area (Å²) in [5, 5.41) is 0. The predicted octanol–water partition coefficient (Wildman–Crippen LogP) is 3.50. The summed E-state index contributed by atoms with van der Waals surface area (Å²) >= 11 is 3.40. The van der Waals surface area contributed by atoms with Crippen molar-refractivity contribution in [2.45, 2.75) is 38.5 Å². The van der Waals surface area contributed by atoms with Crippen LogP contribution < -0.4 is 0 Å². The van der Waals surface area contributed by atoms with Crippen LogP contribution in [0.3, 0.4) is 0 Å². The van der Waals surface area contributed by atoms with Gasteiger partial charge in [-0.2, -0.15) is 0 Å². The molecule has 1 aliphatic heterocycles. The van der Waals surface area contributed by atoms with Gasteiger partial charge in [0.15, 0.2) is 0 Å². The van der Waals surface area contributed by atoms with Crippen molar-refractivity contribution in [3.8, 4) is 0 Å². The van der Waals surface area contributed by atoms with Crippen LogP contribution in [0, 0.1) is 12.8 Å². The molecule has 1 amide bonds. The van der Waals surface area contributed by atoms with Crippen molar-refractivity contribution in [1.82, 2.24) is 9.88 Å². The van der Waals surface area contributed by atoms with Crippen molar-refractivity contribution in [3.63, 3.8) is 0 Å². The molecule has 2 aliphatic rings. The first-order chi connectivity index (χ1) is 12.5. The number of fused-ring (bicyclic) bond motifs is 1. The third-order valence-corrected chi connectivity index (χ3v) is 5.69. The summed E-state index contributed by atoms with van der Waals surface area (Å²) in [5.41, 5.74) is 2.26. The lowest BCUT2D eigenvalue weighted by Crippen LogP contribution is -2.44. The SMILES string of the molecule is Cc1cc(C(=O)N2[C@@H](C(=O)OCc3ccccc3)C[C@H]3C[C@H]32)c(Br)cn1. The predicted molar refractivity (Wildman–Crippen MR) is 99.4 cm³/mol. The largest absolute Gasteiger partial charge is 0.459 e. The number of carbonyl (C=O) groups is 2. The Morgan fingerprint density at radius 1 is 1.27 bits per heavy atom. The van der Waals surface area contributed by atoms with Crippen molar-refractivity contribution in [1.29, 1.82) is 0 Å². The maximum absolute atomic E-state index is 13.1. The number of aromatic nitrogens is 1. The van der Waals surface area contributed by atoms with Gasteiger partial charge in [-0.25, -0.2) is 4.79 Å². The molecule has 1 aliphatic carbocycles. The Morgan fingerprint density at radius 3 is 2.81 bits per heavy atom. The third kappa shape index (κ3) is 3.26. The number of hydrogen-bond donors (Lipinski definition) is 0. The van der Waals surface area contributed by atoms with Crippen LogP contribution >= 0.6 is 15.9 Å². The average Bonchev–Trinajstić information content (AvgIpc) is 3.32. The Balaban J connectivity index is 1.50. The molecule has 2 heterocycles. The zero-order valence-electron chi connectivity index (χ0n) is 14.4. The normalized spacial score (nSPS) is 23.5. The molecule has 0 radical (unpaired) electrons. The molecule has 2 aromatic rings. The van der Waals surface area contributed by atoms with Gasteiger partial charge in [0.05, 0.1) is 5.56 Å². The number of pyridine rings is 1. The van der Waals surface area contributed by atoms with E-state index in [0.29, 0.717) is 22.4 Å². The number of benzene rings is 1. The maximum Gasteiger partial charge on any atom is 0.329 e. The van der Waals surface area contributed by atoms with Crippen LogP contribution in [0.4, 0.5) is 0 Å². The van der Waals surface area contributed by atoms with E-state index >= 15 is 0 Å². The highest BCUT2D eigenvalue weighted by molar-refractivity contribution is 9.10. The number of halogens is 1. The Hall–Kier alpha value is -2.21. The highest BCUT2D eigenvalue weighted by Crippen LogP contribution is 2.49. The molecular weight excluding hydrogens is 396 g/mol. The number of likely N-dealkylation sites (tertiary alicyclic amines) is 1. The highest BCUT2D eigenvalue weighted by atomic mass is 79.9. The fourth-order valence-electron chi connectivity index (χ4n) is 3.63. The van der Waals surface area contributed by atoms with Gasteiger partial charge in [-0.15, -0.1) is 0 Å². The van der Waals surface area contributed by atoms with Crippen LogP contribution in [0.1, 0.15) is 34.5 Å². The molecule has 0 N–H and O–H groups in total. The summed E-state index contributed by atoms with van der Waals surface area (Å²) in [6.45, 7) is 2.07. The van der Waals surface area contributed by atoms with Crippen LogP contribution in [-0.4, -0.2) is 33.8 Å². The van der Waals surface area contributed by atoms with Crippen LogP contribution in [0.2, 0.25) is 0 Å². The van der Waals surface area contributed by atoms with E-state index in [1.807, 2.05) is 37.3 Å². The number of hydrogen-bond acceptors (Lipinski definition) is 4. The smallest absolute Gasteiger partial charge is 0.329 e. The second kappa shape index (κ2) is 6.83. The molecule has 1 aromatic carbocycles.